The summed E-state index contributed by atoms with van der Waals surface area (Å²) in [7, 11) is 0. The summed E-state index contributed by atoms with van der Waals surface area (Å²) in [5, 5.41) is 3.00. The van der Waals surface area contributed by atoms with Gasteiger partial charge in [0.25, 0.3) is 0 Å². The molecule has 1 atom stereocenters. The molecule has 0 aromatic rings. The molecule has 0 bridgehead atoms. The average molecular weight is 371 g/mol. The van der Waals surface area contributed by atoms with E-state index in [0.717, 1.165) is 45.9 Å². The zero-order chi connectivity index (χ0) is 19.6. The van der Waals surface area contributed by atoms with Crippen molar-refractivity contribution in [2.45, 2.75) is 73.3 Å². The second kappa shape index (κ2) is 11.3. The van der Waals surface area contributed by atoms with Crippen LogP contribution >= 0.6 is 0 Å². The largest absolute Gasteiger partial charge is 0.380 e. The Morgan fingerprint density at radius 1 is 1.19 bits per heavy atom. The molecule has 26 heavy (non-hydrogen) atoms. The van der Waals surface area contributed by atoms with Crippen molar-refractivity contribution >= 4 is 5.91 Å². The number of nitrogens with zero attached hydrogens (tertiary/aromatic N) is 1. The lowest BCUT2D eigenvalue weighted by molar-refractivity contribution is -0.129. The van der Waals surface area contributed by atoms with E-state index in [0.29, 0.717) is 12.0 Å². The Labute approximate surface area is 161 Å². The molecule has 1 amide bonds. The van der Waals surface area contributed by atoms with Gasteiger partial charge in [0.2, 0.25) is 5.91 Å². The van der Waals surface area contributed by atoms with Crippen molar-refractivity contribution in [3.63, 3.8) is 0 Å². The van der Waals surface area contributed by atoms with Gasteiger partial charge in [-0.25, -0.2) is 0 Å². The van der Waals surface area contributed by atoms with Crippen LogP contribution in [0.5, 0.6) is 0 Å². The molecule has 0 aromatic heterocycles. The molecule has 1 fully saturated rings. The molecule has 0 aromatic carbocycles. The molecule has 5 heteroatoms. The summed E-state index contributed by atoms with van der Waals surface area (Å²) in [6, 6.07) is 0. The van der Waals surface area contributed by atoms with Crippen LogP contribution in [0.15, 0.2) is 0 Å². The minimum atomic E-state index is -0.353. The maximum atomic E-state index is 12.0. The summed E-state index contributed by atoms with van der Waals surface area (Å²) < 4.78 is 11.6. The zero-order valence-corrected chi connectivity index (χ0v) is 18.0. The third-order valence-corrected chi connectivity index (χ3v) is 5.02. The molecule has 154 valence electrons. The van der Waals surface area contributed by atoms with Crippen LogP contribution in [0, 0.1) is 10.8 Å². The van der Waals surface area contributed by atoms with Crippen molar-refractivity contribution in [3.8, 4) is 0 Å². The SMILES string of the molecule is CCCC(C)(C)CCCOCCN1CCO[C@H](CNC(=O)C(C)(C)C)C1. The third-order valence-electron chi connectivity index (χ3n) is 5.02. The lowest BCUT2D eigenvalue weighted by atomic mass is 9.83. The highest BCUT2D eigenvalue weighted by molar-refractivity contribution is 5.81. The lowest BCUT2D eigenvalue weighted by Crippen LogP contribution is -2.49. The van der Waals surface area contributed by atoms with E-state index in [-0.39, 0.29) is 17.4 Å². The number of hydrogen-bond acceptors (Lipinski definition) is 4. The van der Waals surface area contributed by atoms with Crippen LogP contribution in [-0.2, 0) is 14.3 Å². The molecular formula is C21H42N2O3. The highest BCUT2D eigenvalue weighted by Crippen LogP contribution is 2.27. The minimum Gasteiger partial charge on any atom is -0.380 e. The van der Waals surface area contributed by atoms with Crippen molar-refractivity contribution in [2.24, 2.45) is 10.8 Å². The molecule has 1 N–H and O–H groups in total. The van der Waals surface area contributed by atoms with Gasteiger partial charge in [-0.2, -0.15) is 0 Å². The smallest absolute Gasteiger partial charge is 0.225 e. The highest BCUT2D eigenvalue weighted by Gasteiger charge is 2.24. The predicted octanol–water partition coefficient (Wildman–Crippen LogP) is 3.47. The molecule has 1 aliphatic rings. The van der Waals surface area contributed by atoms with Crippen molar-refractivity contribution < 1.29 is 14.3 Å². The van der Waals surface area contributed by atoms with E-state index in [1.54, 1.807) is 0 Å². The van der Waals surface area contributed by atoms with Crippen LogP contribution in [-0.4, -0.2) is 62.9 Å². The topological polar surface area (TPSA) is 50.8 Å². The van der Waals surface area contributed by atoms with E-state index in [2.05, 4.69) is 31.0 Å². The molecule has 1 rings (SSSR count). The van der Waals surface area contributed by atoms with Gasteiger partial charge in [-0.05, 0) is 24.7 Å². The Hall–Kier alpha value is -0.650. The van der Waals surface area contributed by atoms with Gasteiger partial charge >= 0.3 is 0 Å². The molecule has 0 unspecified atom stereocenters. The second-order valence-corrected chi connectivity index (χ2v) is 9.38. The Balaban J connectivity index is 2.13. The summed E-state index contributed by atoms with van der Waals surface area (Å²) in [6.07, 6.45) is 4.98. The number of carbonyl (C=O) groups excluding carboxylic acids is 1. The monoisotopic (exact) mass is 370 g/mol. The van der Waals surface area contributed by atoms with Gasteiger partial charge in [0.1, 0.15) is 0 Å². The van der Waals surface area contributed by atoms with Crippen molar-refractivity contribution in [2.75, 3.05) is 46.0 Å². The fourth-order valence-corrected chi connectivity index (χ4v) is 3.33. The first kappa shape index (κ1) is 23.4. The minimum absolute atomic E-state index is 0.0740. The molecule has 0 spiro atoms. The third kappa shape index (κ3) is 9.89. The van der Waals surface area contributed by atoms with Gasteiger partial charge in [0.15, 0.2) is 0 Å². The fourth-order valence-electron chi connectivity index (χ4n) is 3.33. The van der Waals surface area contributed by atoms with E-state index in [1.807, 2.05) is 20.8 Å². The van der Waals surface area contributed by atoms with Crippen molar-refractivity contribution in [1.82, 2.24) is 10.2 Å². The molecule has 0 aliphatic carbocycles. The Morgan fingerprint density at radius 3 is 2.58 bits per heavy atom. The van der Waals surface area contributed by atoms with Gasteiger partial charge in [0.05, 0.1) is 19.3 Å². The van der Waals surface area contributed by atoms with Gasteiger partial charge in [-0.15, -0.1) is 0 Å². The number of morpholine rings is 1. The van der Waals surface area contributed by atoms with Gasteiger partial charge in [-0.1, -0.05) is 48.0 Å². The van der Waals surface area contributed by atoms with E-state index in [4.69, 9.17) is 9.47 Å². The number of ether oxygens (including phenoxy) is 2. The summed E-state index contributed by atoms with van der Waals surface area (Å²) in [5.74, 6) is 0.0764. The van der Waals surface area contributed by atoms with Crippen LogP contribution in [0.4, 0.5) is 0 Å². The Kier molecular flexibility index (Phi) is 10.1. The fraction of sp³-hybridized carbons (Fsp3) is 0.952. The van der Waals surface area contributed by atoms with Crippen LogP contribution in [0.25, 0.3) is 0 Å². The number of carbonyl (C=O) groups is 1. The Bertz CT molecular complexity index is 405. The summed E-state index contributed by atoms with van der Waals surface area (Å²) in [4.78, 5) is 14.3. The van der Waals surface area contributed by atoms with Gasteiger partial charge in [-0.3, -0.25) is 9.69 Å². The highest BCUT2D eigenvalue weighted by atomic mass is 16.5. The normalized spacial score (nSPS) is 19.5. The molecule has 1 saturated heterocycles. The maximum absolute atomic E-state index is 12.0. The van der Waals surface area contributed by atoms with Crippen LogP contribution in [0.2, 0.25) is 0 Å². The standard InChI is InChI=1S/C21H42N2O3/c1-7-9-21(5,6)10-8-13-25-14-11-23-12-15-26-18(17-23)16-22-19(24)20(2,3)4/h18H,7-17H2,1-6H3,(H,22,24)/t18-/m1/s1. The van der Waals surface area contributed by atoms with Crippen LogP contribution in [0.1, 0.15) is 67.2 Å². The molecule has 1 aliphatic heterocycles. The first-order valence-electron chi connectivity index (χ1n) is 10.3. The van der Waals surface area contributed by atoms with Crippen LogP contribution < -0.4 is 5.32 Å². The zero-order valence-electron chi connectivity index (χ0n) is 18.0. The van der Waals surface area contributed by atoms with Gasteiger partial charge in [0, 0.05) is 38.2 Å². The molecule has 5 nitrogen and oxygen atoms in total. The van der Waals surface area contributed by atoms with E-state index < -0.39 is 0 Å². The van der Waals surface area contributed by atoms with Crippen LogP contribution in [0.3, 0.4) is 0 Å². The molecule has 1 heterocycles. The van der Waals surface area contributed by atoms with E-state index >= 15 is 0 Å². The molecule has 0 radical (unpaired) electrons. The first-order valence-corrected chi connectivity index (χ1v) is 10.3. The van der Waals surface area contributed by atoms with Crippen molar-refractivity contribution in [1.29, 1.82) is 0 Å². The predicted molar refractivity (Wildman–Crippen MR) is 107 cm³/mol. The van der Waals surface area contributed by atoms with Gasteiger partial charge < -0.3 is 14.8 Å². The number of hydrogen-bond donors (Lipinski definition) is 1. The maximum Gasteiger partial charge on any atom is 0.225 e. The van der Waals surface area contributed by atoms with Crippen molar-refractivity contribution in [3.05, 3.63) is 0 Å². The van der Waals surface area contributed by atoms with E-state index in [9.17, 15) is 4.79 Å². The first-order chi connectivity index (χ1) is 12.1. The average Bonchev–Trinajstić information content (AvgIpc) is 2.55. The molecular weight excluding hydrogens is 328 g/mol. The Morgan fingerprint density at radius 2 is 1.92 bits per heavy atom. The quantitative estimate of drug-likeness (QED) is 0.566. The summed E-state index contributed by atoms with van der Waals surface area (Å²) in [6.45, 7) is 18.4. The number of rotatable bonds is 11. The number of nitrogens with one attached hydrogen (secondary N) is 1. The lowest BCUT2D eigenvalue weighted by Gasteiger charge is -2.33. The number of amides is 1. The summed E-state index contributed by atoms with van der Waals surface area (Å²) >= 11 is 0. The summed E-state index contributed by atoms with van der Waals surface area (Å²) in [5.41, 5.74) is 0.0842. The second-order valence-electron chi connectivity index (χ2n) is 9.38. The van der Waals surface area contributed by atoms with E-state index in [1.165, 1.54) is 19.3 Å². The molecule has 0 saturated carbocycles.